The van der Waals surface area contributed by atoms with Gasteiger partial charge in [0.2, 0.25) is 0 Å². The van der Waals surface area contributed by atoms with Gasteiger partial charge in [0.25, 0.3) is 0 Å². The van der Waals surface area contributed by atoms with Gasteiger partial charge in [0, 0.05) is 12.5 Å². The molecule has 2 atom stereocenters. The van der Waals surface area contributed by atoms with E-state index in [2.05, 4.69) is 44.3 Å². The van der Waals surface area contributed by atoms with E-state index in [9.17, 15) is 5.26 Å². The van der Waals surface area contributed by atoms with Crippen molar-refractivity contribution in [3.05, 3.63) is 35.9 Å². The minimum atomic E-state index is -0.434. The average molecular weight is 230 g/mol. The smallest absolute Gasteiger partial charge is 0.110 e. The van der Waals surface area contributed by atoms with Crippen molar-refractivity contribution in [2.45, 2.75) is 51.6 Å². The molecule has 0 heterocycles. The monoisotopic (exact) mass is 230 g/mol. The second kappa shape index (κ2) is 6.42. The first-order valence-corrected chi connectivity index (χ1v) is 6.38. The maximum Gasteiger partial charge on any atom is 0.110 e. The van der Waals surface area contributed by atoms with Crippen molar-refractivity contribution in [3.8, 4) is 6.07 Å². The van der Waals surface area contributed by atoms with Crippen LogP contribution in [0.3, 0.4) is 0 Å². The Hall–Kier alpha value is -1.33. The largest absolute Gasteiger partial charge is 0.297 e. The second-order valence-electron chi connectivity index (χ2n) is 4.66. The molecule has 1 N–H and O–H groups in total. The van der Waals surface area contributed by atoms with Crippen LogP contribution in [0.15, 0.2) is 30.3 Å². The first-order valence-electron chi connectivity index (χ1n) is 6.38. The van der Waals surface area contributed by atoms with Gasteiger partial charge in [0.05, 0.1) is 6.07 Å². The Balaban J connectivity index is 2.82. The van der Waals surface area contributed by atoms with Gasteiger partial charge in [-0.2, -0.15) is 5.26 Å². The standard InChI is InChI=1S/C15H22N2/c1-4-13(3)17-15(5-2,12-16)11-14-9-7-6-8-10-14/h6-10,13,17H,4-5,11H2,1-3H3. The molecule has 0 aliphatic heterocycles. The third-order valence-electron chi connectivity index (χ3n) is 3.30. The van der Waals surface area contributed by atoms with Crippen molar-refractivity contribution in [1.29, 1.82) is 5.26 Å². The van der Waals surface area contributed by atoms with Crippen LogP contribution in [0.4, 0.5) is 0 Å². The van der Waals surface area contributed by atoms with Gasteiger partial charge in [-0.3, -0.25) is 5.32 Å². The van der Waals surface area contributed by atoms with Crippen molar-refractivity contribution in [3.63, 3.8) is 0 Å². The van der Waals surface area contributed by atoms with E-state index < -0.39 is 5.54 Å². The summed E-state index contributed by atoms with van der Waals surface area (Å²) in [6.07, 6.45) is 2.63. The summed E-state index contributed by atoms with van der Waals surface area (Å²) in [4.78, 5) is 0. The van der Waals surface area contributed by atoms with Gasteiger partial charge in [-0.05, 0) is 25.3 Å². The average Bonchev–Trinajstić information content (AvgIpc) is 2.39. The van der Waals surface area contributed by atoms with E-state index in [-0.39, 0.29) is 0 Å². The van der Waals surface area contributed by atoms with Crippen LogP contribution in [0.2, 0.25) is 0 Å². The zero-order valence-corrected chi connectivity index (χ0v) is 11.0. The van der Waals surface area contributed by atoms with E-state index in [0.29, 0.717) is 6.04 Å². The van der Waals surface area contributed by atoms with Crippen LogP contribution in [0, 0.1) is 11.3 Å². The maximum atomic E-state index is 9.47. The van der Waals surface area contributed by atoms with Gasteiger partial charge in [0.1, 0.15) is 5.54 Å². The summed E-state index contributed by atoms with van der Waals surface area (Å²) < 4.78 is 0. The Morgan fingerprint density at radius 1 is 1.29 bits per heavy atom. The first kappa shape index (κ1) is 13.7. The molecule has 92 valence electrons. The molecule has 1 aromatic carbocycles. The highest BCUT2D eigenvalue weighted by Gasteiger charge is 2.29. The van der Waals surface area contributed by atoms with Gasteiger partial charge in [-0.1, -0.05) is 44.2 Å². The molecule has 0 aliphatic carbocycles. The van der Waals surface area contributed by atoms with E-state index in [1.807, 2.05) is 18.2 Å². The Morgan fingerprint density at radius 3 is 2.41 bits per heavy atom. The summed E-state index contributed by atoms with van der Waals surface area (Å²) in [5, 5.41) is 12.9. The molecule has 1 rings (SSSR count). The van der Waals surface area contributed by atoms with E-state index in [1.165, 1.54) is 5.56 Å². The predicted molar refractivity (Wildman–Crippen MR) is 71.7 cm³/mol. The minimum Gasteiger partial charge on any atom is -0.297 e. The molecule has 0 aromatic heterocycles. The molecule has 2 nitrogen and oxygen atoms in total. The summed E-state index contributed by atoms with van der Waals surface area (Å²) in [7, 11) is 0. The first-order chi connectivity index (χ1) is 8.15. The fraction of sp³-hybridized carbons (Fsp3) is 0.533. The van der Waals surface area contributed by atoms with E-state index in [1.54, 1.807) is 0 Å². The van der Waals surface area contributed by atoms with Crippen molar-refractivity contribution in [2.24, 2.45) is 0 Å². The van der Waals surface area contributed by atoms with Gasteiger partial charge in [0.15, 0.2) is 0 Å². The number of benzene rings is 1. The highest BCUT2D eigenvalue weighted by molar-refractivity contribution is 5.22. The van der Waals surface area contributed by atoms with Crippen LogP contribution in [0.5, 0.6) is 0 Å². The molecule has 17 heavy (non-hydrogen) atoms. The van der Waals surface area contributed by atoms with Gasteiger partial charge >= 0.3 is 0 Å². The lowest BCUT2D eigenvalue weighted by molar-refractivity contribution is 0.346. The quantitative estimate of drug-likeness (QED) is 0.814. The van der Waals surface area contributed by atoms with E-state index in [0.717, 1.165) is 19.3 Å². The number of hydrogen-bond donors (Lipinski definition) is 1. The zero-order valence-electron chi connectivity index (χ0n) is 11.0. The summed E-state index contributed by atoms with van der Waals surface area (Å²) in [5.74, 6) is 0. The molecule has 0 saturated carbocycles. The zero-order chi connectivity index (χ0) is 12.7. The second-order valence-corrected chi connectivity index (χ2v) is 4.66. The van der Waals surface area contributed by atoms with E-state index >= 15 is 0 Å². The van der Waals surface area contributed by atoms with Crippen LogP contribution >= 0.6 is 0 Å². The van der Waals surface area contributed by atoms with Crippen LogP contribution in [0.1, 0.15) is 39.2 Å². The minimum absolute atomic E-state index is 0.373. The topological polar surface area (TPSA) is 35.8 Å². The van der Waals surface area contributed by atoms with Gasteiger partial charge < -0.3 is 0 Å². The molecule has 0 bridgehead atoms. The highest BCUT2D eigenvalue weighted by atomic mass is 15.0. The molecule has 0 radical (unpaired) electrons. The SMILES string of the molecule is CCC(C)NC(C#N)(CC)Cc1ccccc1. The molecule has 1 aromatic rings. The Morgan fingerprint density at radius 2 is 1.94 bits per heavy atom. The lowest BCUT2D eigenvalue weighted by Crippen LogP contribution is -2.49. The van der Waals surface area contributed by atoms with Gasteiger partial charge in [-0.15, -0.1) is 0 Å². The fourth-order valence-corrected chi connectivity index (χ4v) is 1.95. The highest BCUT2D eigenvalue weighted by Crippen LogP contribution is 2.18. The van der Waals surface area contributed by atoms with Crippen LogP contribution in [-0.2, 0) is 6.42 Å². The lowest BCUT2D eigenvalue weighted by Gasteiger charge is -2.30. The molecule has 0 aliphatic rings. The molecule has 2 unspecified atom stereocenters. The predicted octanol–water partition coefficient (Wildman–Crippen LogP) is 3.29. The Kier molecular flexibility index (Phi) is 5.18. The van der Waals surface area contributed by atoms with Gasteiger partial charge in [-0.25, -0.2) is 0 Å². The van der Waals surface area contributed by atoms with Crippen LogP contribution < -0.4 is 5.32 Å². The van der Waals surface area contributed by atoms with Crippen molar-refractivity contribution in [1.82, 2.24) is 5.32 Å². The van der Waals surface area contributed by atoms with Crippen molar-refractivity contribution < 1.29 is 0 Å². The van der Waals surface area contributed by atoms with Crippen LogP contribution in [-0.4, -0.2) is 11.6 Å². The molecule has 0 saturated heterocycles. The summed E-state index contributed by atoms with van der Waals surface area (Å²) >= 11 is 0. The molecule has 0 fully saturated rings. The third-order valence-corrected chi connectivity index (χ3v) is 3.30. The summed E-state index contributed by atoms with van der Waals surface area (Å²) in [6, 6.07) is 13.1. The lowest BCUT2D eigenvalue weighted by atomic mass is 9.88. The van der Waals surface area contributed by atoms with Crippen molar-refractivity contribution in [2.75, 3.05) is 0 Å². The molecular formula is C15H22N2. The normalized spacial score (nSPS) is 15.9. The number of nitriles is 1. The van der Waals surface area contributed by atoms with Crippen molar-refractivity contribution >= 4 is 0 Å². The molecular weight excluding hydrogens is 208 g/mol. The Bertz CT molecular complexity index is 366. The molecule has 0 amide bonds. The number of nitrogens with zero attached hydrogens (tertiary/aromatic N) is 1. The fourth-order valence-electron chi connectivity index (χ4n) is 1.95. The number of hydrogen-bond acceptors (Lipinski definition) is 2. The molecule has 2 heteroatoms. The Labute approximate surface area is 105 Å². The summed E-state index contributed by atoms with van der Waals surface area (Å²) in [6.45, 7) is 6.34. The maximum absolute atomic E-state index is 9.47. The van der Waals surface area contributed by atoms with E-state index in [4.69, 9.17) is 0 Å². The van der Waals surface area contributed by atoms with Crippen LogP contribution in [0.25, 0.3) is 0 Å². The third kappa shape index (κ3) is 3.87. The molecule has 0 spiro atoms. The summed E-state index contributed by atoms with van der Waals surface area (Å²) in [5.41, 5.74) is 0.781. The number of nitrogens with one attached hydrogen (secondary N) is 1. The number of rotatable bonds is 6.